The molecule has 0 fully saturated rings. The Morgan fingerprint density at radius 1 is 1.35 bits per heavy atom. The van der Waals surface area contributed by atoms with Gasteiger partial charge < -0.3 is 15.4 Å². The molecule has 1 heterocycles. The molecule has 0 aliphatic heterocycles. The van der Waals surface area contributed by atoms with E-state index in [1.165, 1.54) is 6.20 Å². The molecule has 0 saturated heterocycles. The molecule has 0 spiro atoms. The third-order valence-corrected chi connectivity index (χ3v) is 3.19. The van der Waals surface area contributed by atoms with Gasteiger partial charge in [0.05, 0.1) is 24.0 Å². The van der Waals surface area contributed by atoms with E-state index in [-0.39, 0.29) is 11.6 Å². The summed E-state index contributed by atoms with van der Waals surface area (Å²) >= 11 is 3.35. The molecule has 7 heteroatoms. The number of nitrogens with zero attached hydrogens (tertiary/aromatic N) is 2. The summed E-state index contributed by atoms with van der Waals surface area (Å²) in [6.45, 7) is 0. The second-order valence-corrected chi connectivity index (χ2v) is 4.70. The average molecular weight is 337 g/mol. The van der Waals surface area contributed by atoms with E-state index in [9.17, 15) is 4.79 Å². The fourth-order valence-corrected chi connectivity index (χ4v) is 1.94. The normalized spacial score (nSPS) is 9.95. The molecular weight excluding hydrogens is 324 g/mol. The lowest BCUT2D eigenvalue weighted by Crippen LogP contribution is -2.14. The topological polar surface area (TPSA) is 76.1 Å². The van der Waals surface area contributed by atoms with Gasteiger partial charge in [0.25, 0.3) is 5.91 Å². The Morgan fingerprint density at radius 3 is 2.85 bits per heavy atom. The van der Waals surface area contributed by atoms with E-state index in [4.69, 9.17) is 4.74 Å². The van der Waals surface area contributed by atoms with Crippen molar-refractivity contribution in [3.05, 3.63) is 40.8 Å². The first-order valence-corrected chi connectivity index (χ1v) is 6.58. The van der Waals surface area contributed by atoms with Crippen LogP contribution in [0.1, 0.15) is 10.5 Å². The number of aromatic nitrogens is 2. The van der Waals surface area contributed by atoms with Crippen molar-refractivity contribution in [1.82, 2.24) is 9.97 Å². The Kier molecular flexibility index (Phi) is 4.52. The lowest BCUT2D eigenvalue weighted by atomic mass is 10.3. The van der Waals surface area contributed by atoms with E-state index in [2.05, 4.69) is 36.5 Å². The van der Waals surface area contributed by atoms with Gasteiger partial charge in [-0.25, -0.2) is 4.98 Å². The first kappa shape index (κ1) is 14.3. The second-order valence-electron chi connectivity index (χ2n) is 3.84. The van der Waals surface area contributed by atoms with E-state index >= 15 is 0 Å². The zero-order valence-electron chi connectivity index (χ0n) is 11.0. The minimum Gasteiger partial charge on any atom is -0.495 e. The number of carbonyl (C=O) groups excluding carboxylic acids is 1. The van der Waals surface area contributed by atoms with Crippen LogP contribution in [-0.4, -0.2) is 30.0 Å². The Bertz CT molecular complexity index is 634. The molecule has 0 unspecified atom stereocenters. The fraction of sp³-hybridized carbons (Fsp3) is 0.154. The van der Waals surface area contributed by atoms with Crippen molar-refractivity contribution in [1.29, 1.82) is 0 Å². The Morgan fingerprint density at radius 2 is 2.15 bits per heavy atom. The average Bonchev–Trinajstić information content (AvgIpc) is 2.49. The Labute approximate surface area is 124 Å². The van der Waals surface area contributed by atoms with Crippen molar-refractivity contribution in [2.45, 2.75) is 0 Å². The predicted molar refractivity (Wildman–Crippen MR) is 80.2 cm³/mol. The van der Waals surface area contributed by atoms with Crippen molar-refractivity contribution in [3.63, 3.8) is 0 Å². The molecule has 20 heavy (non-hydrogen) atoms. The van der Waals surface area contributed by atoms with Crippen LogP contribution in [0.5, 0.6) is 5.75 Å². The van der Waals surface area contributed by atoms with E-state index in [1.54, 1.807) is 38.6 Å². The summed E-state index contributed by atoms with van der Waals surface area (Å²) in [5.41, 5.74) is 0.852. The van der Waals surface area contributed by atoms with Gasteiger partial charge in [0.15, 0.2) is 0 Å². The number of halogens is 1. The number of hydrogen-bond acceptors (Lipinski definition) is 5. The van der Waals surface area contributed by atoms with Gasteiger partial charge in [-0.1, -0.05) is 0 Å². The van der Waals surface area contributed by atoms with E-state index in [1.807, 2.05) is 0 Å². The molecule has 104 valence electrons. The summed E-state index contributed by atoms with van der Waals surface area (Å²) in [4.78, 5) is 20.1. The highest BCUT2D eigenvalue weighted by Crippen LogP contribution is 2.27. The minimum atomic E-state index is -0.334. The molecule has 1 amide bonds. The maximum absolute atomic E-state index is 12.1. The quantitative estimate of drug-likeness (QED) is 0.897. The van der Waals surface area contributed by atoms with Gasteiger partial charge in [-0.15, -0.1) is 0 Å². The molecular formula is C13H13BrN4O2. The molecule has 0 atom stereocenters. The monoisotopic (exact) mass is 336 g/mol. The lowest BCUT2D eigenvalue weighted by Gasteiger charge is -2.08. The number of carbonyl (C=O) groups is 1. The molecule has 6 nitrogen and oxygen atoms in total. The predicted octanol–water partition coefficient (Wildman–Crippen LogP) is 2.54. The number of methoxy groups -OCH3 is 1. The first-order chi connectivity index (χ1) is 9.63. The molecule has 0 aliphatic rings. The second kappa shape index (κ2) is 6.33. The maximum Gasteiger partial charge on any atom is 0.275 e. The molecule has 1 aromatic heterocycles. The SMILES string of the molecule is CNc1cncc(C(=O)Nc2ccc(Br)c(OC)c2)n1. The van der Waals surface area contributed by atoms with Gasteiger partial charge in [-0.2, -0.15) is 0 Å². The van der Waals surface area contributed by atoms with Gasteiger partial charge in [-0.3, -0.25) is 9.78 Å². The van der Waals surface area contributed by atoms with Crippen LogP contribution in [0.4, 0.5) is 11.5 Å². The summed E-state index contributed by atoms with van der Waals surface area (Å²) in [5.74, 6) is 0.836. The first-order valence-electron chi connectivity index (χ1n) is 5.78. The van der Waals surface area contributed by atoms with Gasteiger partial charge in [0, 0.05) is 18.8 Å². The highest BCUT2D eigenvalue weighted by Gasteiger charge is 2.10. The molecule has 1 aromatic carbocycles. The molecule has 2 rings (SSSR count). The van der Waals surface area contributed by atoms with Gasteiger partial charge in [0.2, 0.25) is 0 Å². The van der Waals surface area contributed by atoms with Crippen LogP contribution in [-0.2, 0) is 0 Å². The number of benzene rings is 1. The van der Waals surface area contributed by atoms with Crippen molar-refractivity contribution >= 4 is 33.3 Å². The Balaban J connectivity index is 2.18. The van der Waals surface area contributed by atoms with Crippen LogP contribution in [0.2, 0.25) is 0 Å². The summed E-state index contributed by atoms with van der Waals surface area (Å²) in [6, 6.07) is 5.28. The molecule has 0 saturated carbocycles. The van der Waals surface area contributed by atoms with E-state index in [0.29, 0.717) is 17.3 Å². The van der Waals surface area contributed by atoms with Crippen molar-refractivity contribution < 1.29 is 9.53 Å². The van der Waals surface area contributed by atoms with Crippen molar-refractivity contribution in [2.75, 3.05) is 24.8 Å². The van der Waals surface area contributed by atoms with E-state index in [0.717, 1.165) is 4.47 Å². The summed E-state index contributed by atoms with van der Waals surface area (Å²) in [5, 5.41) is 5.57. The molecule has 2 N–H and O–H groups in total. The fourth-order valence-electron chi connectivity index (χ4n) is 1.53. The third kappa shape index (κ3) is 3.24. The maximum atomic E-state index is 12.1. The van der Waals surface area contributed by atoms with Crippen LogP contribution in [0.15, 0.2) is 35.1 Å². The molecule has 0 radical (unpaired) electrons. The number of hydrogen-bond donors (Lipinski definition) is 2. The largest absolute Gasteiger partial charge is 0.495 e. The van der Waals surface area contributed by atoms with Crippen LogP contribution >= 0.6 is 15.9 Å². The minimum absolute atomic E-state index is 0.235. The summed E-state index contributed by atoms with van der Waals surface area (Å²) in [6.07, 6.45) is 2.95. The molecule has 0 bridgehead atoms. The van der Waals surface area contributed by atoms with Crippen LogP contribution in [0, 0.1) is 0 Å². The van der Waals surface area contributed by atoms with Gasteiger partial charge >= 0.3 is 0 Å². The Hall–Kier alpha value is -2.15. The van der Waals surface area contributed by atoms with Crippen LogP contribution in [0.25, 0.3) is 0 Å². The summed E-state index contributed by atoms with van der Waals surface area (Å²) < 4.78 is 5.99. The number of ether oxygens (including phenoxy) is 1. The number of anilines is 2. The number of amides is 1. The third-order valence-electron chi connectivity index (χ3n) is 2.53. The van der Waals surface area contributed by atoms with Crippen LogP contribution in [0.3, 0.4) is 0 Å². The lowest BCUT2D eigenvalue weighted by molar-refractivity contribution is 0.102. The van der Waals surface area contributed by atoms with E-state index < -0.39 is 0 Å². The van der Waals surface area contributed by atoms with Crippen molar-refractivity contribution in [2.24, 2.45) is 0 Å². The van der Waals surface area contributed by atoms with Crippen LogP contribution < -0.4 is 15.4 Å². The smallest absolute Gasteiger partial charge is 0.275 e. The van der Waals surface area contributed by atoms with Gasteiger partial charge in [-0.05, 0) is 28.1 Å². The number of nitrogens with one attached hydrogen (secondary N) is 2. The molecule has 0 aliphatic carbocycles. The molecule has 2 aromatic rings. The standard InChI is InChI=1S/C13H13BrN4O2/c1-15-12-7-16-6-10(18-12)13(19)17-8-3-4-9(14)11(5-8)20-2/h3-7H,1-2H3,(H,15,18)(H,17,19). The number of rotatable bonds is 4. The van der Waals surface area contributed by atoms with Gasteiger partial charge in [0.1, 0.15) is 17.3 Å². The summed E-state index contributed by atoms with van der Waals surface area (Å²) in [7, 11) is 3.28. The highest BCUT2D eigenvalue weighted by molar-refractivity contribution is 9.10. The zero-order valence-corrected chi connectivity index (χ0v) is 12.6. The highest BCUT2D eigenvalue weighted by atomic mass is 79.9. The zero-order chi connectivity index (χ0) is 14.5. The van der Waals surface area contributed by atoms with Crippen molar-refractivity contribution in [3.8, 4) is 5.75 Å².